The van der Waals surface area contributed by atoms with Crippen molar-refractivity contribution in [1.29, 1.82) is 0 Å². The van der Waals surface area contributed by atoms with Crippen LogP contribution in [-0.2, 0) is 19.1 Å². The Hall–Kier alpha value is -1.92. The minimum absolute atomic E-state index is 0.0446. The normalized spacial score (nSPS) is 23.6. The summed E-state index contributed by atoms with van der Waals surface area (Å²) in [4.78, 5) is 29.7. The Kier molecular flexibility index (Phi) is 5.74. The van der Waals surface area contributed by atoms with Gasteiger partial charge in [-0.3, -0.25) is 9.59 Å². The van der Waals surface area contributed by atoms with Crippen molar-refractivity contribution in [2.24, 2.45) is 5.92 Å². The summed E-state index contributed by atoms with van der Waals surface area (Å²) in [5.74, 6) is 0.484. The van der Waals surface area contributed by atoms with E-state index >= 15 is 0 Å². The summed E-state index contributed by atoms with van der Waals surface area (Å²) in [5.41, 5.74) is 0.905. The minimum Gasteiger partial charge on any atom is -0.350 e. The molecule has 1 unspecified atom stereocenters. The lowest BCUT2D eigenvalue weighted by Gasteiger charge is -2.40. The van der Waals surface area contributed by atoms with Gasteiger partial charge in [0.2, 0.25) is 11.8 Å². The van der Waals surface area contributed by atoms with Crippen LogP contribution < -0.4 is 0 Å². The standard InChI is InChI=1S/C21H28N2O4/c24-18-8-4-5-11-23(18)19(16-6-2-1-3-7-16)20(25)22-12-9-17(10-13-22)21-26-14-15-27-21/h1-3,6-7,17,19,21H,4-5,8-15H2. The Balaban J connectivity index is 1.48. The van der Waals surface area contributed by atoms with E-state index in [0.717, 1.165) is 31.2 Å². The number of amides is 2. The van der Waals surface area contributed by atoms with Gasteiger partial charge in [-0.05, 0) is 31.2 Å². The second-order valence-corrected chi connectivity index (χ2v) is 7.63. The van der Waals surface area contributed by atoms with E-state index in [4.69, 9.17) is 9.47 Å². The van der Waals surface area contributed by atoms with Crippen LogP contribution in [0.15, 0.2) is 30.3 Å². The topological polar surface area (TPSA) is 59.1 Å². The third kappa shape index (κ3) is 4.01. The molecule has 0 bridgehead atoms. The summed E-state index contributed by atoms with van der Waals surface area (Å²) >= 11 is 0. The van der Waals surface area contributed by atoms with E-state index in [1.165, 1.54) is 0 Å². The molecule has 6 nitrogen and oxygen atoms in total. The van der Waals surface area contributed by atoms with Gasteiger partial charge in [0.1, 0.15) is 6.04 Å². The van der Waals surface area contributed by atoms with Crippen molar-refractivity contribution in [3.05, 3.63) is 35.9 Å². The largest absolute Gasteiger partial charge is 0.350 e. The molecule has 1 aromatic carbocycles. The lowest BCUT2D eigenvalue weighted by Crippen LogP contribution is -2.49. The number of ether oxygens (including phenoxy) is 2. The van der Waals surface area contributed by atoms with Crippen molar-refractivity contribution in [2.75, 3.05) is 32.8 Å². The van der Waals surface area contributed by atoms with Crippen molar-refractivity contribution in [3.63, 3.8) is 0 Å². The molecule has 0 radical (unpaired) electrons. The fourth-order valence-electron chi connectivity index (χ4n) is 4.40. The van der Waals surface area contributed by atoms with E-state index in [9.17, 15) is 9.59 Å². The summed E-state index contributed by atoms with van der Waals surface area (Å²) in [6.45, 7) is 3.37. The summed E-state index contributed by atoms with van der Waals surface area (Å²) in [6, 6.07) is 9.22. The van der Waals surface area contributed by atoms with Crippen LogP contribution in [0, 0.1) is 5.92 Å². The first-order valence-electron chi connectivity index (χ1n) is 10.1. The van der Waals surface area contributed by atoms with Gasteiger partial charge < -0.3 is 19.3 Å². The maximum atomic E-state index is 13.4. The minimum atomic E-state index is -0.505. The first-order chi connectivity index (χ1) is 13.2. The van der Waals surface area contributed by atoms with Crippen LogP contribution in [0.3, 0.4) is 0 Å². The van der Waals surface area contributed by atoms with Crippen molar-refractivity contribution < 1.29 is 19.1 Å². The maximum Gasteiger partial charge on any atom is 0.250 e. The predicted molar refractivity (Wildman–Crippen MR) is 99.7 cm³/mol. The molecule has 0 aromatic heterocycles. The Morgan fingerprint density at radius 1 is 1.00 bits per heavy atom. The number of hydrogen-bond donors (Lipinski definition) is 0. The van der Waals surface area contributed by atoms with Gasteiger partial charge in [-0.25, -0.2) is 0 Å². The molecule has 1 atom stereocenters. The zero-order chi connectivity index (χ0) is 18.6. The molecule has 2 amide bonds. The molecule has 4 rings (SSSR count). The van der Waals surface area contributed by atoms with Gasteiger partial charge in [0.05, 0.1) is 13.2 Å². The highest BCUT2D eigenvalue weighted by atomic mass is 16.7. The number of nitrogens with zero attached hydrogens (tertiary/aromatic N) is 2. The molecule has 1 aromatic rings. The number of carbonyl (C=O) groups is 2. The molecule has 0 aliphatic carbocycles. The Morgan fingerprint density at radius 3 is 2.37 bits per heavy atom. The zero-order valence-electron chi connectivity index (χ0n) is 15.7. The van der Waals surface area contributed by atoms with Gasteiger partial charge in [-0.2, -0.15) is 0 Å². The highest BCUT2D eigenvalue weighted by molar-refractivity contribution is 5.89. The van der Waals surface area contributed by atoms with Crippen LogP contribution in [0.5, 0.6) is 0 Å². The molecule has 0 spiro atoms. The highest BCUT2D eigenvalue weighted by Gasteiger charge is 2.38. The van der Waals surface area contributed by atoms with Gasteiger partial charge >= 0.3 is 0 Å². The SMILES string of the molecule is O=C(C(c1ccccc1)N1CCCCC1=O)N1CCC(C2OCCO2)CC1. The molecule has 3 saturated heterocycles. The van der Waals surface area contributed by atoms with Crippen molar-refractivity contribution in [3.8, 4) is 0 Å². The lowest BCUT2D eigenvalue weighted by molar-refractivity contribution is -0.150. The van der Waals surface area contributed by atoms with E-state index in [2.05, 4.69) is 0 Å². The maximum absolute atomic E-state index is 13.4. The molecule has 146 valence electrons. The number of hydrogen-bond acceptors (Lipinski definition) is 4. The first-order valence-corrected chi connectivity index (χ1v) is 10.1. The number of piperidine rings is 2. The van der Waals surface area contributed by atoms with Crippen LogP contribution in [0.2, 0.25) is 0 Å². The predicted octanol–water partition coefficient (Wildman–Crippen LogP) is 2.35. The molecule has 0 N–H and O–H groups in total. The summed E-state index contributed by atoms with van der Waals surface area (Å²) in [5, 5.41) is 0. The monoisotopic (exact) mass is 372 g/mol. The number of benzene rings is 1. The molecule has 3 aliphatic heterocycles. The number of likely N-dealkylation sites (tertiary alicyclic amines) is 2. The summed E-state index contributed by atoms with van der Waals surface area (Å²) < 4.78 is 11.3. The zero-order valence-corrected chi connectivity index (χ0v) is 15.7. The molecular weight excluding hydrogens is 344 g/mol. The first kappa shape index (κ1) is 18.4. The van der Waals surface area contributed by atoms with E-state index < -0.39 is 6.04 Å². The molecule has 3 heterocycles. The highest BCUT2D eigenvalue weighted by Crippen LogP contribution is 2.31. The van der Waals surface area contributed by atoms with Gasteiger partial charge in [0.25, 0.3) is 0 Å². The quantitative estimate of drug-likeness (QED) is 0.814. The van der Waals surface area contributed by atoms with Crippen molar-refractivity contribution in [1.82, 2.24) is 9.80 Å². The molecular formula is C21H28N2O4. The van der Waals surface area contributed by atoms with E-state index in [-0.39, 0.29) is 18.1 Å². The Morgan fingerprint density at radius 2 is 1.70 bits per heavy atom. The van der Waals surface area contributed by atoms with Gasteiger partial charge in [0, 0.05) is 32.0 Å². The van der Waals surface area contributed by atoms with E-state index in [1.54, 1.807) is 4.90 Å². The van der Waals surface area contributed by atoms with E-state index in [0.29, 0.717) is 45.2 Å². The van der Waals surface area contributed by atoms with Crippen LogP contribution in [0.4, 0.5) is 0 Å². The lowest BCUT2D eigenvalue weighted by atomic mass is 9.94. The third-order valence-electron chi connectivity index (χ3n) is 5.90. The van der Waals surface area contributed by atoms with Gasteiger partial charge in [0.15, 0.2) is 6.29 Å². The van der Waals surface area contributed by atoms with Crippen LogP contribution in [0.1, 0.15) is 43.7 Å². The molecule has 0 saturated carbocycles. The third-order valence-corrected chi connectivity index (χ3v) is 5.90. The van der Waals surface area contributed by atoms with Crippen LogP contribution in [-0.4, -0.2) is 60.8 Å². The fraction of sp³-hybridized carbons (Fsp3) is 0.619. The molecule has 3 aliphatic rings. The number of carbonyl (C=O) groups excluding carboxylic acids is 2. The van der Waals surface area contributed by atoms with Gasteiger partial charge in [-0.1, -0.05) is 30.3 Å². The second-order valence-electron chi connectivity index (χ2n) is 7.63. The van der Waals surface area contributed by atoms with Crippen LogP contribution in [0.25, 0.3) is 0 Å². The van der Waals surface area contributed by atoms with Crippen molar-refractivity contribution >= 4 is 11.8 Å². The molecule has 27 heavy (non-hydrogen) atoms. The van der Waals surface area contributed by atoms with E-state index in [1.807, 2.05) is 35.2 Å². The fourth-order valence-corrected chi connectivity index (χ4v) is 4.40. The Labute approximate surface area is 160 Å². The average Bonchev–Trinajstić information content (AvgIpc) is 3.25. The smallest absolute Gasteiger partial charge is 0.250 e. The second kappa shape index (κ2) is 8.40. The number of rotatable bonds is 4. The van der Waals surface area contributed by atoms with Gasteiger partial charge in [-0.15, -0.1) is 0 Å². The van der Waals surface area contributed by atoms with Crippen LogP contribution >= 0.6 is 0 Å². The summed E-state index contributed by atoms with van der Waals surface area (Å²) in [6.07, 6.45) is 4.06. The molecule has 3 fully saturated rings. The Bertz CT molecular complexity index is 651. The van der Waals surface area contributed by atoms with Crippen molar-refractivity contribution in [2.45, 2.75) is 44.4 Å². The summed E-state index contributed by atoms with van der Waals surface area (Å²) in [7, 11) is 0. The molecule has 6 heteroatoms. The average molecular weight is 372 g/mol.